The second-order valence-corrected chi connectivity index (χ2v) is 6.41. The lowest BCUT2D eigenvalue weighted by Crippen LogP contribution is -2.10. The van der Waals surface area contributed by atoms with Gasteiger partial charge in [0, 0.05) is 7.11 Å². The molecule has 0 atom stereocenters. The second kappa shape index (κ2) is 6.83. The summed E-state index contributed by atoms with van der Waals surface area (Å²) in [5, 5.41) is 0. The number of hydrogen-bond donors (Lipinski definition) is 0. The molecule has 0 fully saturated rings. The molecule has 0 unspecified atom stereocenters. The van der Waals surface area contributed by atoms with Crippen LogP contribution in [0.4, 0.5) is 0 Å². The zero-order valence-corrected chi connectivity index (χ0v) is 7.94. The second-order valence-electron chi connectivity index (χ2n) is 1.46. The molecule has 2 nitrogen and oxygen atoms in total. The van der Waals surface area contributed by atoms with Crippen molar-refractivity contribution in [3.05, 3.63) is 0 Å². The normalized spacial score (nSPS) is 10.7. The monoisotopic (exact) mass is 188 g/mol. The summed E-state index contributed by atoms with van der Waals surface area (Å²) in [6.45, 7) is 1.19. The highest BCUT2D eigenvalue weighted by molar-refractivity contribution is 7.33. The van der Waals surface area contributed by atoms with Gasteiger partial charge in [0.05, 0.1) is 19.4 Å². The Bertz CT molecular complexity index is 62.5. The molecule has 5 heteroatoms. The first-order valence-corrected chi connectivity index (χ1v) is 6.93. The lowest BCUT2D eigenvalue weighted by atomic mass is 10.8. The lowest BCUT2D eigenvalue weighted by Gasteiger charge is -2.00. The predicted octanol–water partition coefficient (Wildman–Crippen LogP) is 0.887. The number of ether oxygens (including phenoxy) is 2. The Balaban J connectivity index is 2.75. The van der Waals surface area contributed by atoms with Crippen LogP contribution >= 0.6 is 22.2 Å². The van der Waals surface area contributed by atoms with Crippen molar-refractivity contribution in [3.8, 4) is 0 Å². The molecule has 0 spiro atoms. The molecule has 0 aromatic carbocycles. The molecule has 0 aliphatic rings. The minimum absolute atomic E-state index is 0.506. The fourth-order valence-corrected chi connectivity index (χ4v) is 1.19. The molecule has 0 aromatic rings. The molecular formula is C4H10Cl2O2Si. The first-order valence-electron chi connectivity index (χ1n) is 2.62. The number of rotatable bonds is 5. The zero-order valence-electron chi connectivity index (χ0n) is 5.27. The molecule has 0 aliphatic heterocycles. The van der Waals surface area contributed by atoms with Crippen molar-refractivity contribution in [2.45, 2.75) is 0 Å². The maximum Gasteiger partial charge on any atom is 0.261 e. The van der Waals surface area contributed by atoms with Crippen LogP contribution in [0.3, 0.4) is 0 Å². The average molecular weight is 189 g/mol. The Morgan fingerprint density at radius 2 is 2.00 bits per heavy atom. The van der Waals surface area contributed by atoms with E-state index < -0.39 is 7.42 Å². The van der Waals surface area contributed by atoms with Crippen LogP contribution < -0.4 is 0 Å². The molecule has 0 aliphatic carbocycles. The molecule has 56 valence electrons. The van der Waals surface area contributed by atoms with Crippen LogP contribution in [0.1, 0.15) is 0 Å². The highest BCUT2D eigenvalue weighted by Gasteiger charge is 1.99. The summed E-state index contributed by atoms with van der Waals surface area (Å²) in [5.41, 5.74) is 0. The summed E-state index contributed by atoms with van der Waals surface area (Å²) in [5.74, 6) is 0. The van der Waals surface area contributed by atoms with Crippen molar-refractivity contribution >= 4 is 29.6 Å². The third-order valence-electron chi connectivity index (χ3n) is 0.676. The van der Waals surface area contributed by atoms with Gasteiger partial charge in [-0.3, -0.25) is 0 Å². The van der Waals surface area contributed by atoms with Crippen LogP contribution in [0.15, 0.2) is 0 Å². The predicted molar refractivity (Wildman–Crippen MR) is 41.6 cm³/mol. The van der Waals surface area contributed by atoms with Crippen molar-refractivity contribution in [3.63, 3.8) is 0 Å². The van der Waals surface area contributed by atoms with Gasteiger partial charge in [-0.05, 0) is 0 Å². The topological polar surface area (TPSA) is 18.5 Å². The fraction of sp³-hybridized carbons (Fsp3) is 1.00. The number of halogens is 2. The van der Waals surface area contributed by atoms with Gasteiger partial charge in [-0.1, -0.05) is 0 Å². The molecule has 0 amide bonds. The summed E-state index contributed by atoms with van der Waals surface area (Å²) < 4.78 is 9.74. The standard InChI is InChI=1S/C4H10Cl2O2Si/c1-7-2-3-8-4-9(5)6/h9H,2-4H2,1H3. The van der Waals surface area contributed by atoms with E-state index >= 15 is 0 Å². The van der Waals surface area contributed by atoms with Gasteiger partial charge in [-0.15, -0.1) is 22.2 Å². The van der Waals surface area contributed by atoms with Gasteiger partial charge in [0.15, 0.2) is 0 Å². The van der Waals surface area contributed by atoms with Gasteiger partial charge < -0.3 is 9.47 Å². The summed E-state index contributed by atoms with van der Waals surface area (Å²) >= 11 is 11.0. The molecule has 0 saturated heterocycles. The lowest BCUT2D eigenvalue weighted by molar-refractivity contribution is 0.0927. The minimum atomic E-state index is -1.55. The maximum atomic E-state index is 5.50. The van der Waals surface area contributed by atoms with Gasteiger partial charge in [0.1, 0.15) is 0 Å². The van der Waals surface area contributed by atoms with Crippen LogP contribution in [-0.4, -0.2) is 34.0 Å². The van der Waals surface area contributed by atoms with E-state index in [0.717, 1.165) is 0 Å². The number of hydrogen-bond acceptors (Lipinski definition) is 2. The highest BCUT2D eigenvalue weighted by atomic mass is 35.7. The van der Waals surface area contributed by atoms with E-state index in [0.29, 0.717) is 19.4 Å². The Morgan fingerprint density at radius 3 is 2.44 bits per heavy atom. The van der Waals surface area contributed by atoms with Crippen LogP contribution in [0.25, 0.3) is 0 Å². The van der Waals surface area contributed by atoms with Gasteiger partial charge in [0.25, 0.3) is 7.42 Å². The van der Waals surface area contributed by atoms with Gasteiger partial charge in [-0.2, -0.15) is 0 Å². The van der Waals surface area contributed by atoms with E-state index in [2.05, 4.69) is 0 Å². The molecule has 0 saturated carbocycles. The summed E-state index contributed by atoms with van der Waals surface area (Å²) in [6.07, 6.45) is 0.506. The Morgan fingerprint density at radius 1 is 1.33 bits per heavy atom. The van der Waals surface area contributed by atoms with Crippen molar-refractivity contribution < 1.29 is 9.47 Å². The molecule has 9 heavy (non-hydrogen) atoms. The van der Waals surface area contributed by atoms with E-state index in [1.807, 2.05) is 0 Å². The van der Waals surface area contributed by atoms with Crippen molar-refractivity contribution in [2.24, 2.45) is 0 Å². The van der Waals surface area contributed by atoms with Gasteiger partial charge in [-0.25, -0.2) is 0 Å². The van der Waals surface area contributed by atoms with E-state index in [4.69, 9.17) is 31.6 Å². The first kappa shape index (κ1) is 9.72. The third kappa shape index (κ3) is 8.72. The van der Waals surface area contributed by atoms with E-state index in [1.165, 1.54) is 0 Å². The molecule has 0 rings (SSSR count). The Labute approximate surface area is 66.1 Å². The van der Waals surface area contributed by atoms with E-state index in [1.54, 1.807) is 7.11 Å². The maximum absolute atomic E-state index is 5.50. The SMILES string of the molecule is COCCOC[SiH](Cl)Cl. The van der Waals surface area contributed by atoms with Gasteiger partial charge in [0.2, 0.25) is 0 Å². The van der Waals surface area contributed by atoms with Crippen LogP contribution in [-0.2, 0) is 9.47 Å². The van der Waals surface area contributed by atoms with Crippen LogP contribution in [0.5, 0.6) is 0 Å². The van der Waals surface area contributed by atoms with Crippen molar-refractivity contribution in [1.82, 2.24) is 0 Å². The van der Waals surface area contributed by atoms with Crippen LogP contribution in [0, 0.1) is 0 Å². The Kier molecular flexibility index (Phi) is 7.38. The summed E-state index contributed by atoms with van der Waals surface area (Å²) in [4.78, 5) is 0. The van der Waals surface area contributed by atoms with E-state index in [9.17, 15) is 0 Å². The Hall–Kier alpha value is 0.717. The third-order valence-corrected chi connectivity index (χ3v) is 1.92. The molecule has 0 N–H and O–H groups in total. The summed E-state index contributed by atoms with van der Waals surface area (Å²) in [6, 6.07) is 0. The molecule has 0 radical (unpaired) electrons. The average Bonchev–Trinajstić information content (AvgIpc) is 1.80. The zero-order chi connectivity index (χ0) is 7.11. The fourth-order valence-electron chi connectivity index (χ4n) is 0.315. The van der Waals surface area contributed by atoms with Gasteiger partial charge >= 0.3 is 0 Å². The van der Waals surface area contributed by atoms with Crippen molar-refractivity contribution in [2.75, 3.05) is 26.6 Å². The molecular weight excluding hydrogens is 179 g/mol. The quantitative estimate of drug-likeness (QED) is 0.363. The van der Waals surface area contributed by atoms with Crippen molar-refractivity contribution in [1.29, 1.82) is 0 Å². The first-order chi connectivity index (χ1) is 4.27. The molecule has 0 aromatic heterocycles. The minimum Gasteiger partial charge on any atom is -0.382 e. The molecule has 0 bridgehead atoms. The highest BCUT2D eigenvalue weighted by Crippen LogP contribution is 1.94. The number of methoxy groups -OCH3 is 1. The van der Waals surface area contributed by atoms with Crippen LogP contribution in [0.2, 0.25) is 0 Å². The smallest absolute Gasteiger partial charge is 0.261 e. The largest absolute Gasteiger partial charge is 0.382 e. The van der Waals surface area contributed by atoms with E-state index in [-0.39, 0.29) is 0 Å². The molecule has 0 heterocycles. The summed E-state index contributed by atoms with van der Waals surface area (Å²) in [7, 11) is 0.0782.